The lowest BCUT2D eigenvalue weighted by atomic mass is 9.71. The van der Waals surface area contributed by atoms with Gasteiger partial charge in [0, 0.05) is 20.0 Å². The molecule has 6 nitrogen and oxygen atoms in total. The summed E-state index contributed by atoms with van der Waals surface area (Å²) in [5.74, 6) is -0.684. The maximum absolute atomic E-state index is 12.5. The fourth-order valence-electron chi connectivity index (χ4n) is 4.05. The minimum Gasteiger partial charge on any atom is -0.300 e. The van der Waals surface area contributed by atoms with E-state index >= 15 is 0 Å². The number of carbonyl (C=O) groups is 3. The summed E-state index contributed by atoms with van der Waals surface area (Å²) in [4.78, 5) is 43.0. The summed E-state index contributed by atoms with van der Waals surface area (Å²) in [5, 5.41) is 1.80. The van der Waals surface area contributed by atoms with Crippen molar-refractivity contribution < 1.29 is 19.2 Å². The zero-order valence-corrected chi connectivity index (χ0v) is 12.6. The van der Waals surface area contributed by atoms with Crippen LogP contribution in [0.15, 0.2) is 0 Å². The number of fused-ring (bicyclic) bond motifs is 2. The van der Waals surface area contributed by atoms with Gasteiger partial charge < -0.3 is 0 Å². The molecule has 0 bridgehead atoms. The molecule has 2 atom stereocenters. The molecule has 0 aromatic rings. The van der Waals surface area contributed by atoms with Gasteiger partial charge in [-0.15, -0.1) is 0 Å². The summed E-state index contributed by atoms with van der Waals surface area (Å²) in [6, 6.07) is 0. The average Bonchev–Trinajstić information content (AvgIpc) is 2.87. The third kappa shape index (κ3) is 2.12. The monoisotopic (exact) mass is 294 g/mol. The van der Waals surface area contributed by atoms with Gasteiger partial charge in [0.2, 0.25) is 5.91 Å². The minimum atomic E-state index is -0.687. The van der Waals surface area contributed by atoms with Crippen LogP contribution in [0.4, 0.5) is 0 Å². The SMILES string of the molecule is CC(=O)CCN1O[C@@H]2C(=O)N(C)C(=O)[C@@H]2C12CCCCC2. The number of Topliss-reactive ketones (excluding diaryl/α,β-unsaturated/α-hetero) is 1. The predicted molar refractivity (Wildman–Crippen MR) is 74.0 cm³/mol. The molecule has 0 aromatic carbocycles. The van der Waals surface area contributed by atoms with E-state index < -0.39 is 17.6 Å². The van der Waals surface area contributed by atoms with E-state index in [1.807, 2.05) is 0 Å². The van der Waals surface area contributed by atoms with Crippen molar-refractivity contribution in [3.63, 3.8) is 0 Å². The molecule has 3 aliphatic rings. The van der Waals surface area contributed by atoms with Crippen LogP contribution in [0.5, 0.6) is 0 Å². The lowest BCUT2D eigenvalue weighted by molar-refractivity contribution is -0.201. The van der Waals surface area contributed by atoms with E-state index in [1.165, 1.54) is 11.9 Å². The quantitative estimate of drug-likeness (QED) is 0.723. The minimum absolute atomic E-state index is 0.0939. The number of hydrogen-bond donors (Lipinski definition) is 0. The second kappa shape index (κ2) is 5.18. The molecule has 1 aliphatic carbocycles. The fraction of sp³-hybridized carbons (Fsp3) is 0.800. The van der Waals surface area contributed by atoms with E-state index in [0.717, 1.165) is 32.1 Å². The number of hydroxylamine groups is 2. The number of amides is 2. The van der Waals surface area contributed by atoms with E-state index in [9.17, 15) is 14.4 Å². The molecular weight excluding hydrogens is 272 g/mol. The van der Waals surface area contributed by atoms with Crippen molar-refractivity contribution in [3.8, 4) is 0 Å². The highest BCUT2D eigenvalue weighted by molar-refractivity contribution is 6.07. The number of hydrogen-bond acceptors (Lipinski definition) is 5. The van der Waals surface area contributed by atoms with Crippen molar-refractivity contribution in [1.82, 2.24) is 9.96 Å². The molecule has 1 saturated carbocycles. The summed E-state index contributed by atoms with van der Waals surface area (Å²) < 4.78 is 0. The Kier molecular flexibility index (Phi) is 3.61. The van der Waals surface area contributed by atoms with Crippen LogP contribution < -0.4 is 0 Å². The normalized spacial score (nSPS) is 32.0. The predicted octanol–water partition coefficient (Wildman–Crippen LogP) is 0.899. The van der Waals surface area contributed by atoms with Crippen molar-refractivity contribution in [3.05, 3.63) is 0 Å². The number of ketones is 1. The van der Waals surface area contributed by atoms with Gasteiger partial charge in [-0.2, -0.15) is 5.06 Å². The maximum Gasteiger partial charge on any atom is 0.261 e. The second-order valence-electron chi connectivity index (χ2n) is 6.46. The Hall–Kier alpha value is -1.27. The topological polar surface area (TPSA) is 66.9 Å². The van der Waals surface area contributed by atoms with Gasteiger partial charge in [0.15, 0.2) is 6.10 Å². The first-order valence-corrected chi connectivity index (χ1v) is 7.72. The van der Waals surface area contributed by atoms with E-state index in [-0.39, 0.29) is 17.6 Å². The van der Waals surface area contributed by atoms with Crippen molar-refractivity contribution in [2.24, 2.45) is 5.92 Å². The molecule has 116 valence electrons. The molecule has 0 aromatic heterocycles. The molecule has 6 heteroatoms. The molecule has 1 spiro atoms. The Labute approximate surface area is 124 Å². The van der Waals surface area contributed by atoms with Gasteiger partial charge in [0.1, 0.15) is 5.78 Å². The van der Waals surface area contributed by atoms with E-state index in [0.29, 0.717) is 13.0 Å². The van der Waals surface area contributed by atoms with Crippen LogP contribution in [0.3, 0.4) is 0 Å². The lowest BCUT2D eigenvalue weighted by Crippen LogP contribution is -2.52. The third-order valence-corrected chi connectivity index (χ3v) is 5.18. The first-order chi connectivity index (χ1) is 9.97. The molecule has 3 rings (SSSR count). The maximum atomic E-state index is 12.5. The van der Waals surface area contributed by atoms with E-state index in [1.54, 1.807) is 12.0 Å². The Morgan fingerprint density at radius 3 is 2.52 bits per heavy atom. The van der Waals surface area contributed by atoms with E-state index in [4.69, 9.17) is 4.84 Å². The number of nitrogens with zero attached hydrogens (tertiary/aromatic N) is 2. The summed E-state index contributed by atoms with van der Waals surface area (Å²) in [7, 11) is 1.53. The molecule has 2 saturated heterocycles. The van der Waals surface area contributed by atoms with Crippen molar-refractivity contribution in [2.45, 2.75) is 57.1 Å². The highest BCUT2D eigenvalue weighted by Gasteiger charge is 2.65. The zero-order chi connectivity index (χ0) is 15.2. The van der Waals surface area contributed by atoms with Crippen LogP contribution in [-0.4, -0.2) is 52.8 Å². The second-order valence-corrected chi connectivity index (χ2v) is 6.46. The number of rotatable bonds is 3. The smallest absolute Gasteiger partial charge is 0.261 e. The van der Waals surface area contributed by atoms with Gasteiger partial charge in [-0.25, -0.2) is 0 Å². The van der Waals surface area contributed by atoms with Crippen molar-refractivity contribution >= 4 is 17.6 Å². The summed E-state index contributed by atoms with van der Waals surface area (Å²) in [6.07, 6.45) is 4.64. The Morgan fingerprint density at radius 2 is 1.90 bits per heavy atom. The van der Waals surface area contributed by atoms with Gasteiger partial charge in [-0.3, -0.25) is 24.1 Å². The first kappa shape index (κ1) is 14.7. The van der Waals surface area contributed by atoms with Gasteiger partial charge in [0.25, 0.3) is 5.91 Å². The third-order valence-electron chi connectivity index (χ3n) is 5.18. The molecule has 21 heavy (non-hydrogen) atoms. The number of likely N-dealkylation sites (N-methyl/N-ethyl adjacent to an activating group) is 1. The molecule has 2 amide bonds. The van der Waals surface area contributed by atoms with Crippen LogP contribution in [0.1, 0.15) is 45.4 Å². The fourth-order valence-corrected chi connectivity index (χ4v) is 4.05. The van der Waals surface area contributed by atoms with Crippen LogP contribution >= 0.6 is 0 Å². The van der Waals surface area contributed by atoms with Crippen molar-refractivity contribution in [2.75, 3.05) is 13.6 Å². The Morgan fingerprint density at radius 1 is 1.24 bits per heavy atom. The number of likely N-dealkylation sites (tertiary alicyclic amines) is 1. The van der Waals surface area contributed by atoms with Gasteiger partial charge in [-0.05, 0) is 19.8 Å². The first-order valence-electron chi connectivity index (χ1n) is 7.72. The van der Waals surface area contributed by atoms with Gasteiger partial charge in [0.05, 0.1) is 11.5 Å². The van der Waals surface area contributed by atoms with Gasteiger partial charge >= 0.3 is 0 Å². The highest BCUT2D eigenvalue weighted by Crippen LogP contribution is 2.50. The summed E-state index contributed by atoms with van der Waals surface area (Å²) in [5.41, 5.74) is -0.393. The summed E-state index contributed by atoms with van der Waals surface area (Å²) in [6.45, 7) is 2.02. The van der Waals surface area contributed by atoms with Crippen LogP contribution in [-0.2, 0) is 19.2 Å². The lowest BCUT2D eigenvalue weighted by Gasteiger charge is -2.42. The standard InChI is InChI=1S/C15H22N2O4/c1-10(18)6-9-17-15(7-4-3-5-8-15)11-12(21-17)14(20)16(2)13(11)19/h11-12H,3-9H2,1-2H3/t11-,12+/m1/s1. The zero-order valence-electron chi connectivity index (χ0n) is 12.6. The number of imide groups is 1. The molecule has 0 radical (unpaired) electrons. The molecule has 3 fully saturated rings. The Balaban J connectivity index is 1.91. The number of carbonyl (C=O) groups excluding carboxylic acids is 3. The van der Waals surface area contributed by atoms with Crippen LogP contribution in [0, 0.1) is 5.92 Å². The van der Waals surface area contributed by atoms with Crippen LogP contribution in [0.2, 0.25) is 0 Å². The molecule has 0 unspecified atom stereocenters. The Bertz CT molecular complexity index is 484. The molecule has 2 aliphatic heterocycles. The van der Waals surface area contributed by atoms with Crippen LogP contribution in [0.25, 0.3) is 0 Å². The molecular formula is C15H22N2O4. The molecule has 0 N–H and O–H groups in total. The average molecular weight is 294 g/mol. The highest BCUT2D eigenvalue weighted by atomic mass is 16.7. The summed E-state index contributed by atoms with van der Waals surface area (Å²) >= 11 is 0. The van der Waals surface area contributed by atoms with Crippen molar-refractivity contribution in [1.29, 1.82) is 0 Å². The largest absolute Gasteiger partial charge is 0.300 e. The van der Waals surface area contributed by atoms with E-state index in [2.05, 4.69) is 0 Å². The van der Waals surface area contributed by atoms with Gasteiger partial charge in [-0.1, -0.05) is 19.3 Å². The molecule has 2 heterocycles.